The van der Waals surface area contributed by atoms with E-state index in [1.54, 1.807) is 12.1 Å². The highest BCUT2D eigenvalue weighted by molar-refractivity contribution is 5.74. The lowest BCUT2D eigenvalue weighted by Gasteiger charge is -2.25. The summed E-state index contributed by atoms with van der Waals surface area (Å²) in [6.45, 7) is 4.56. The van der Waals surface area contributed by atoms with Crippen molar-refractivity contribution < 1.29 is 9.90 Å². The van der Waals surface area contributed by atoms with Crippen molar-refractivity contribution in [3.63, 3.8) is 0 Å². The monoisotopic (exact) mass is 355 g/mol. The molecule has 1 unspecified atom stereocenters. The van der Waals surface area contributed by atoms with Gasteiger partial charge in [0.2, 0.25) is 0 Å². The van der Waals surface area contributed by atoms with Crippen molar-refractivity contribution in [3.05, 3.63) is 65.2 Å². The molecule has 2 atom stereocenters. The maximum Gasteiger partial charge on any atom is 0.315 e. The average Bonchev–Trinajstić information content (AvgIpc) is 2.60. The number of likely N-dealkylation sites (N-methyl/N-ethyl adjacent to an activating group) is 1. The molecule has 0 radical (unpaired) electrons. The zero-order valence-electron chi connectivity index (χ0n) is 16.0. The van der Waals surface area contributed by atoms with Crippen LogP contribution in [0, 0.1) is 6.92 Å². The van der Waals surface area contributed by atoms with E-state index in [9.17, 15) is 9.90 Å². The number of aryl methyl sites for hydroxylation is 1. The molecule has 2 rings (SSSR count). The first-order valence-electron chi connectivity index (χ1n) is 8.90. The molecule has 5 heteroatoms. The Morgan fingerprint density at radius 3 is 2.27 bits per heavy atom. The van der Waals surface area contributed by atoms with Gasteiger partial charge in [0.1, 0.15) is 5.75 Å². The fraction of sp³-hybridized carbons (Fsp3) is 0.381. The molecular weight excluding hydrogens is 326 g/mol. The molecule has 0 aliphatic rings. The smallest absolute Gasteiger partial charge is 0.315 e. The van der Waals surface area contributed by atoms with Crippen molar-refractivity contribution in [2.45, 2.75) is 32.4 Å². The zero-order valence-corrected chi connectivity index (χ0v) is 16.0. The Hall–Kier alpha value is -2.53. The van der Waals surface area contributed by atoms with Gasteiger partial charge in [0.05, 0.1) is 6.04 Å². The Morgan fingerprint density at radius 1 is 1.08 bits per heavy atom. The van der Waals surface area contributed by atoms with E-state index in [4.69, 9.17) is 0 Å². The number of nitrogens with zero attached hydrogens (tertiary/aromatic N) is 1. The van der Waals surface area contributed by atoms with Crippen LogP contribution in [0.2, 0.25) is 0 Å². The lowest BCUT2D eigenvalue weighted by molar-refractivity contribution is 0.229. The summed E-state index contributed by atoms with van der Waals surface area (Å²) in [5, 5.41) is 15.3. The van der Waals surface area contributed by atoms with Crippen molar-refractivity contribution in [2.24, 2.45) is 0 Å². The topological polar surface area (TPSA) is 64.6 Å². The quantitative estimate of drug-likeness (QED) is 0.714. The lowest BCUT2D eigenvalue weighted by Crippen LogP contribution is -2.45. The second-order valence-electron chi connectivity index (χ2n) is 6.97. The molecule has 0 fully saturated rings. The van der Waals surface area contributed by atoms with E-state index in [1.165, 1.54) is 5.56 Å². The highest BCUT2D eigenvalue weighted by atomic mass is 16.3. The van der Waals surface area contributed by atoms with Crippen LogP contribution in [0.3, 0.4) is 0 Å². The number of amides is 2. The first-order chi connectivity index (χ1) is 12.3. The predicted octanol–water partition coefficient (Wildman–Crippen LogP) is 3.23. The summed E-state index contributed by atoms with van der Waals surface area (Å²) in [5.74, 6) is 0.262. The van der Waals surface area contributed by atoms with Crippen molar-refractivity contribution in [3.8, 4) is 5.75 Å². The van der Waals surface area contributed by atoms with Crippen LogP contribution < -0.4 is 10.6 Å². The number of phenols is 1. The Bertz CT molecular complexity index is 696. The second kappa shape index (κ2) is 9.25. The third kappa shape index (κ3) is 6.08. The SMILES string of the molecule is Cc1ccc([C@H](C)NC(=O)NCC(Cc2ccc(O)cc2)N(C)C)cc1. The van der Waals surface area contributed by atoms with Crippen molar-refractivity contribution in [2.75, 3.05) is 20.6 Å². The molecule has 2 amide bonds. The zero-order chi connectivity index (χ0) is 19.1. The Kier molecular flexibility index (Phi) is 7.04. The van der Waals surface area contributed by atoms with Crippen molar-refractivity contribution in [1.29, 1.82) is 0 Å². The molecule has 0 aliphatic heterocycles. The van der Waals surface area contributed by atoms with Gasteiger partial charge < -0.3 is 20.6 Å². The Balaban J connectivity index is 1.86. The normalized spacial score (nSPS) is 13.3. The summed E-state index contributed by atoms with van der Waals surface area (Å²) < 4.78 is 0. The number of urea groups is 1. The number of hydrogen-bond donors (Lipinski definition) is 3. The minimum atomic E-state index is -0.171. The van der Waals surface area contributed by atoms with Crippen molar-refractivity contribution in [1.82, 2.24) is 15.5 Å². The van der Waals surface area contributed by atoms with Crippen molar-refractivity contribution >= 4 is 6.03 Å². The summed E-state index contributed by atoms with van der Waals surface area (Å²) >= 11 is 0. The molecule has 26 heavy (non-hydrogen) atoms. The number of aromatic hydroxyl groups is 1. The fourth-order valence-electron chi connectivity index (χ4n) is 2.74. The average molecular weight is 355 g/mol. The van der Waals surface area contributed by atoms with Gasteiger partial charge in [-0.05, 0) is 57.6 Å². The Labute approximate surface area is 156 Å². The third-order valence-corrected chi connectivity index (χ3v) is 4.56. The van der Waals surface area contributed by atoms with Gasteiger partial charge in [-0.3, -0.25) is 0 Å². The molecular formula is C21H29N3O2. The van der Waals surface area contributed by atoms with Crippen LogP contribution in [0.5, 0.6) is 5.75 Å². The molecule has 0 spiro atoms. The molecule has 5 nitrogen and oxygen atoms in total. The largest absolute Gasteiger partial charge is 0.508 e. The van der Waals surface area contributed by atoms with E-state index in [2.05, 4.69) is 15.5 Å². The van der Waals surface area contributed by atoms with Gasteiger partial charge in [-0.25, -0.2) is 4.79 Å². The maximum atomic E-state index is 12.2. The summed E-state index contributed by atoms with van der Waals surface area (Å²) in [7, 11) is 4.00. The molecule has 2 aromatic rings. The maximum absolute atomic E-state index is 12.2. The number of nitrogens with one attached hydrogen (secondary N) is 2. The molecule has 0 aliphatic carbocycles. The molecule has 0 aromatic heterocycles. The number of carbonyl (C=O) groups is 1. The highest BCUT2D eigenvalue weighted by Crippen LogP contribution is 2.14. The molecule has 140 valence electrons. The van der Waals surface area contributed by atoms with Crippen LogP contribution >= 0.6 is 0 Å². The van der Waals surface area contributed by atoms with Gasteiger partial charge in [0, 0.05) is 12.6 Å². The van der Waals surface area contributed by atoms with Gasteiger partial charge in [-0.1, -0.05) is 42.0 Å². The van der Waals surface area contributed by atoms with Crippen LogP contribution in [0.1, 0.15) is 29.7 Å². The number of phenolic OH excluding ortho intramolecular Hbond substituents is 1. The summed E-state index contributed by atoms with van der Waals surface area (Å²) in [6.07, 6.45) is 0.793. The van der Waals surface area contributed by atoms with Gasteiger partial charge >= 0.3 is 6.03 Å². The first-order valence-corrected chi connectivity index (χ1v) is 8.90. The summed E-state index contributed by atoms with van der Waals surface area (Å²) in [5.41, 5.74) is 3.41. The lowest BCUT2D eigenvalue weighted by atomic mass is 10.0. The summed E-state index contributed by atoms with van der Waals surface area (Å²) in [4.78, 5) is 14.3. The summed E-state index contributed by atoms with van der Waals surface area (Å²) in [6, 6.07) is 15.3. The standard InChI is InChI=1S/C21H29N3O2/c1-15-5-9-18(10-6-15)16(2)23-21(26)22-14-19(24(3)4)13-17-7-11-20(25)12-8-17/h5-12,16,19,25H,13-14H2,1-4H3,(H2,22,23,26)/t16-,19?/m0/s1. The van der Waals surface area contributed by atoms with E-state index in [-0.39, 0.29) is 23.9 Å². The van der Waals surface area contributed by atoms with Gasteiger partial charge in [0.15, 0.2) is 0 Å². The van der Waals surface area contributed by atoms with E-state index < -0.39 is 0 Å². The molecule has 3 N–H and O–H groups in total. The van der Waals surface area contributed by atoms with E-state index in [0.717, 1.165) is 17.5 Å². The number of hydrogen-bond acceptors (Lipinski definition) is 3. The van der Waals surface area contributed by atoms with Crippen LogP contribution in [0.15, 0.2) is 48.5 Å². The molecule has 0 heterocycles. The van der Waals surface area contributed by atoms with E-state index in [1.807, 2.05) is 64.3 Å². The molecule has 0 bridgehead atoms. The number of benzene rings is 2. The van der Waals surface area contributed by atoms with Crippen LogP contribution in [-0.2, 0) is 6.42 Å². The first kappa shape index (κ1) is 19.8. The molecule has 0 saturated heterocycles. The van der Waals surface area contributed by atoms with Crippen LogP contribution in [0.25, 0.3) is 0 Å². The van der Waals surface area contributed by atoms with Gasteiger partial charge in [0.25, 0.3) is 0 Å². The number of rotatable bonds is 7. The minimum absolute atomic E-state index is 0.0505. The van der Waals surface area contributed by atoms with Gasteiger partial charge in [-0.15, -0.1) is 0 Å². The van der Waals surface area contributed by atoms with Crippen LogP contribution in [-0.4, -0.2) is 42.7 Å². The Morgan fingerprint density at radius 2 is 1.69 bits per heavy atom. The fourth-order valence-corrected chi connectivity index (χ4v) is 2.74. The minimum Gasteiger partial charge on any atom is -0.508 e. The highest BCUT2D eigenvalue weighted by Gasteiger charge is 2.15. The number of carbonyl (C=O) groups excluding carboxylic acids is 1. The molecule has 0 saturated carbocycles. The van der Waals surface area contributed by atoms with Gasteiger partial charge in [-0.2, -0.15) is 0 Å². The predicted molar refractivity (Wildman–Crippen MR) is 105 cm³/mol. The van der Waals surface area contributed by atoms with Crippen LogP contribution in [0.4, 0.5) is 4.79 Å². The second-order valence-corrected chi connectivity index (χ2v) is 6.97. The van der Waals surface area contributed by atoms with E-state index in [0.29, 0.717) is 6.54 Å². The van der Waals surface area contributed by atoms with E-state index >= 15 is 0 Å². The third-order valence-electron chi connectivity index (χ3n) is 4.56. The molecule has 2 aromatic carbocycles.